The van der Waals surface area contributed by atoms with Gasteiger partial charge >= 0.3 is 0 Å². The Hall–Kier alpha value is -3.86. The van der Waals surface area contributed by atoms with Crippen LogP contribution in [0.3, 0.4) is 0 Å². The molecule has 4 N–H and O–H groups in total. The van der Waals surface area contributed by atoms with Gasteiger partial charge in [-0.25, -0.2) is 0 Å². The van der Waals surface area contributed by atoms with Gasteiger partial charge in [0.05, 0.1) is 9.85 Å². The monoisotopic (exact) mass is 580 g/mol. The van der Waals surface area contributed by atoms with Crippen molar-refractivity contribution in [3.05, 3.63) is 132 Å². The molecule has 0 fully saturated rings. The minimum Gasteiger partial charge on any atom is -0.412 e. The van der Waals surface area contributed by atoms with Crippen molar-refractivity contribution in [3.8, 4) is 11.1 Å². The molecule has 2 radical (unpaired) electrons. The van der Waals surface area contributed by atoms with Gasteiger partial charge in [-0.15, -0.1) is 0 Å². The first-order valence-electron chi connectivity index (χ1n) is 11.0. The van der Waals surface area contributed by atoms with Crippen molar-refractivity contribution in [1.29, 1.82) is 0 Å². The van der Waals surface area contributed by atoms with E-state index >= 15 is 0 Å². The normalized spacial score (nSPS) is 9.29. The predicted octanol–water partition coefficient (Wildman–Crippen LogP) is 5.68. The molecule has 0 aliphatic rings. The number of hydrogen-bond acceptors (Lipinski definition) is 4. The third-order valence-electron chi connectivity index (χ3n) is 5.39. The number of nitro benzene ring substituents is 2. The highest BCUT2D eigenvalue weighted by Crippen LogP contribution is 2.29. The van der Waals surface area contributed by atoms with Gasteiger partial charge in [-0.1, -0.05) is 87.1 Å². The fourth-order valence-electron chi connectivity index (χ4n) is 3.46. The first kappa shape index (κ1) is 34.1. The lowest BCUT2D eigenvalue weighted by atomic mass is 9.87. The average Bonchev–Trinajstić information content (AvgIpc) is 2.83. The Kier molecular flexibility index (Phi) is 14.5. The van der Waals surface area contributed by atoms with E-state index in [9.17, 15) is 20.2 Å². The number of halogens is 1. The fraction of sp³-hybridized carbons (Fsp3) is 0.143. The highest BCUT2D eigenvalue weighted by molar-refractivity contribution is 9.10. The zero-order chi connectivity index (χ0) is 26.8. The maximum absolute atomic E-state index is 10.8. The molecule has 0 saturated carbocycles. The van der Waals surface area contributed by atoms with Gasteiger partial charge in [0, 0.05) is 28.7 Å². The molecule has 0 aliphatic heterocycles. The third kappa shape index (κ3) is 9.89. The molecule has 4 aromatic rings. The van der Waals surface area contributed by atoms with E-state index in [4.69, 9.17) is 7.85 Å². The number of benzene rings is 4. The van der Waals surface area contributed by atoms with Crippen molar-refractivity contribution in [3.63, 3.8) is 0 Å². The van der Waals surface area contributed by atoms with E-state index in [1.54, 1.807) is 24.3 Å². The summed E-state index contributed by atoms with van der Waals surface area (Å²) >= 11 is 3.13. The van der Waals surface area contributed by atoms with Crippen molar-refractivity contribution in [2.75, 3.05) is 0 Å². The lowest BCUT2D eigenvalue weighted by molar-refractivity contribution is -0.385. The summed E-state index contributed by atoms with van der Waals surface area (Å²) in [6.45, 7) is 8.06. The summed E-state index contributed by atoms with van der Waals surface area (Å²) in [6, 6.07) is 25.1. The van der Waals surface area contributed by atoms with E-state index in [0.717, 1.165) is 43.3 Å². The quantitative estimate of drug-likeness (QED) is 0.174. The van der Waals surface area contributed by atoms with Crippen LogP contribution in [-0.2, 0) is 0 Å². The second-order valence-corrected chi connectivity index (χ2v) is 9.03. The lowest BCUT2D eigenvalue weighted by Crippen LogP contribution is -2.10. The molecule has 38 heavy (non-hydrogen) atoms. The summed E-state index contributed by atoms with van der Waals surface area (Å²) in [4.78, 5) is 20.1. The van der Waals surface area contributed by atoms with Crippen LogP contribution in [0.1, 0.15) is 22.3 Å². The van der Waals surface area contributed by atoms with Crippen LogP contribution >= 0.6 is 15.9 Å². The van der Waals surface area contributed by atoms with Crippen LogP contribution in [0.2, 0.25) is 0 Å². The van der Waals surface area contributed by atoms with E-state index in [-0.39, 0.29) is 27.3 Å². The maximum atomic E-state index is 10.8. The second-order valence-electron chi connectivity index (χ2n) is 8.12. The largest absolute Gasteiger partial charge is 0.412 e. The molecular weight excluding hydrogens is 551 g/mol. The summed E-state index contributed by atoms with van der Waals surface area (Å²) in [6.07, 6.45) is 0. The summed E-state index contributed by atoms with van der Waals surface area (Å²) in [5, 5.41) is 20.9. The van der Waals surface area contributed by atoms with Gasteiger partial charge in [0.15, 0.2) is 0 Å². The number of non-ortho nitro benzene ring substituents is 2. The van der Waals surface area contributed by atoms with E-state index in [1.807, 2.05) is 70.2 Å². The topological polar surface area (TPSA) is 149 Å². The highest BCUT2D eigenvalue weighted by Gasteiger charge is 2.10. The summed E-state index contributed by atoms with van der Waals surface area (Å²) in [7, 11) is 5.68. The molecule has 0 amide bonds. The molecule has 0 saturated heterocycles. The van der Waals surface area contributed by atoms with Crippen molar-refractivity contribution in [2.24, 2.45) is 0 Å². The van der Waals surface area contributed by atoms with Crippen LogP contribution < -0.4 is 5.46 Å². The minimum atomic E-state index is -0.426. The van der Waals surface area contributed by atoms with Crippen LogP contribution in [-0.4, -0.2) is 28.6 Å². The van der Waals surface area contributed by atoms with Crippen LogP contribution in [0.5, 0.6) is 0 Å². The molecular formula is C28H30BBrN2O6. The Labute approximate surface area is 231 Å². The molecule has 0 heterocycles. The molecule has 0 unspecified atom stereocenters. The Morgan fingerprint density at radius 3 is 1.42 bits per heavy atom. The molecule has 4 rings (SSSR count). The van der Waals surface area contributed by atoms with E-state index in [0.29, 0.717) is 0 Å². The summed E-state index contributed by atoms with van der Waals surface area (Å²) in [5.41, 5.74) is 7.71. The molecule has 0 bridgehead atoms. The molecule has 0 aliphatic carbocycles. The van der Waals surface area contributed by atoms with Crippen molar-refractivity contribution in [2.45, 2.75) is 27.7 Å². The van der Waals surface area contributed by atoms with Crippen LogP contribution in [0.4, 0.5) is 11.4 Å². The Morgan fingerprint density at radius 1 is 0.632 bits per heavy atom. The molecule has 4 aromatic carbocycles. The molecule has 10 heteroatoms. The minimum absolute atomic E-state index is 0. The van der Waals surface area contributed by atoms with Gasteiger partial charge in [0.2, 0.25) is 0 Å². The van der Waals surface area contributed by atoms with E-state index in [2.05, 4.69) is 15.9 Å². The number of aryl methyl sites for hydroxylation is 4. The number of nitro groups is 2. The van der Waals surface area contributed by atoms with Crippen molar-refractivity contribution in [1.82, 2.24) is 0 Å². The number of hydrogen-bond donors (Lipinski definition) is 0. The molecule has 8 nitrogen and oxygen atoms in total. The Balaban J connectivity index is 0.000000564. The Morgan fingerprint density at radius 2 is 1.03 bits per heavy atom. The van der Waals surface area contributed by atoms with Crippen LogP contribution in [0, 0.1) is 47.9 Å². The molecule has 198 valence electrons. The fourth-order valence-corrected chi connectivity index (χ4v) is 3.85. The zero-order valence-electron chi connectivity index (χ0n) is 21.6. The van der Waals surface area contributed by atoms with E-state index in [1.165, 1.54) is 18.2 Å². The molecule has 0 atom stereocenters. The maximum Gasteiger partial charge on any atom is 0.270 e. The SMILES string of the molecule is Cc1cccc(C)c1-c1cccc([N+](=O)[O-])c1.O.O.O=[N+]([O-])c1cccc(Br)c1.[B]c1c(C)cccc1C. The van der Waals surface area contributed by atoms with Crippen LogP contribution in [0.25, 0.3) is 11.1 Å². The lowest BCUT2D eigenvalue weighted by Gasteiger charge is -2.09. The summed E-state index contributed by atoms with van der Waals surface area (Å²) < 4.78 is 0.724. The van der Waals surface area contributed by atoms with Gasteiger partial charge in [0.25, 0.3) is 11.4 Å². The Bertz CT molecular complexity index is 1340. The smallest absolute Gasteiger partial charge is 0.270 e. The van der Waals surface area contributed by atoms with Gasteiger partial charge in [0.1, 0.15) is 7.85 Å². The third-order valence-corrected chi connectivity index (χ3v) is 5.88. The van der Waals surface area contributed by atoms with Crippen molar-refractivity contribution >= 4 is 40.6 Å². The van der Waals surface area contributed by atoms with Gasteiger partial charge in [-0.3, -0.25) is 20.2 Å². The zero-order valence-corrected chi connectivity index (χ0v) is 23.2. The van der Waals surface area contributed by atoms with Gasteiger partial charge in [-0.05, 0) is 56.0 Å². The first-order chi connectivity index (χ1) is 17.0. The van der Waals surface area contributed by atoms with E-state index < -0.39 is 4.92 Å². The first-order valence-corrected chi connectivity index (χ1v) is 11.8. The van der Waals surface area contributed by atoms with Gasteiger partial charge < -0.3 is 11.0 Å². The number of rotatable bonds is 3. The predicted molar refractivity (Wildman–Crippen MR) is 157 cm³/mol. The van der Waals surface area contributed by atoms with Crippen molar-refractivity contribution < 1.29 is 20.8 Å². The molecule has 0 aromatic heterocycles. The number of nitrogens with zero attached hydrogens (tertiary/aromatic N) is 2. The molecule has 0 spiro atoms. The van der Waals surface area contributed by atoms with Gasteiger partial charge in [-0.2, -0.15) is 0 Å². The highest BCUT2D eigenvalue weighted by atomic mass is 79.9. The second kappa shape index (κ2) is 16.1. The standard InChI is InChI=1S/C14H13NO2.C8H9B.C6H4BrNO2.2H2O/c1-10-5-3-6-11(2)14(10)12-7-4-8-13(9-12)15(16)17;1-6-4-3-5-7(2)8(6)9;7-5-2-1-3-6(4-5)8(9)10;;/h3-9H,1-2H3;3-5H,1-2H3;1-4H;2*1H2. The average molecular weight is 581 g/mol. The van der Waals surface area contributed by atoms with Crippen LogP contribution in [0.15, 0.2) is 89.4 Å². The summed E-state index contributed by atoms with van der Waals surface area (Å²) in [5.74, 6) is 0.